The minimum absolute atomic E-state index is 0.00988. The summed E-state index contributed by atoms with van der Waals surface area (Å²) in [5.74, 6) is -0.0147. The molecule has 1 aliphatic rings. The Balaban J connectivity index is 1.85. The molecule has 3 heterocycles. The van der Waals surface area contributed by atoms with Crippen LogP contribution in [0.2, 0.25) is 0 Å². The van der Waals surface area contributed by atoms with E-state index in [0.29, 0.717) is 18.7 Å². The van der Waals surface area contributed by atoms with Crippen LogP contribution in [-0.4, -0.2) is 50.4 Å². The molecule has 2 aromatic rings. The fraction of sp³-hybridized carbons (Fsp3) is 0.500. The van der Waals surface area contributed by atoms with E-state index >= 15 is 0 Å². The zero-order chi connectivity index (χ0) is 18.1. The van der Waals surface area contributed by atoms with Gasteiger partial charge in [-0.3, -0.25) is 14.3 Å². The van der Waals surface area contributed by atoms with Gasteiger partial charge in [0.1, 0.15) is 0 Å². The summed E-state index contributed by atoms with van der Waals surface area (Å²) in [6.45, 7) is 4.93. The fourth-order valence-electron chi connectivity index (χ4n) is 3.41. The summed E-state index contributed by atoms with van der Waals surface area (Å²) in [7, 11) is 1.85. The van der Waals surface area contributed by atoms with Gasteiger partial charge in [0, 0.05) is 62.1 Å². The van der Waals surface area contributed by atoms with Crippen molar-refractivity contribution in [3.8, 4) is 0 Å². The van der Waals surface area contributed by atoms with Crippen LogP contribution >= 0.6 is 0 Å². The molecule has 0 unspecified atom stereocenters. The molecule has 2 N–H and O–H groups in total. The molecule has 1 saturated heterocycles. The first-order chi connectivity index (χ1) is 11.9. The summed E-state index contributed by atoms with van der Waals surface area (Å²) in [5.41, 5.74) is 1.90. The largest absolute Gasteiger partial charge is 0.396 e. The molecule has 0 bridgehead atoms. The number of aliphatic hydroxyl groups excluding tert-OH is 1. The molecule has 1 fully saturated rings. The number of nitrogens with one attached hydrogen (secondary N) is 1. The minimum atomic E-state index is -0.267. The van der Waals surface area contributed by atoms with E-state index in [9.17, 15) is 14.7 Å². The van der Waals surface area contributed by atoms with Gasteiger partial charge in [0.25, 0.3) is 5.91 Å². The number of nitrogens with zero attached hydrogens (tertiary/aromatic N) is 3. The number of carbonyl (C=O) groups is 1. The highest BCUT2D eigenvalue weighted by Gasteiger charge is 2.36. The van der Waals surface area contributed by atoms with Gasteiger partial charge in [-0.15, -0.1) is 0 Å². The van der Waals surface area contributed by atoms with Gasteiger partial charge in [-0.1, -0.05) is 13.8 Å². The average molecular weight is 344 g/mol. The minimum Gasteiger partial charge on any atom is -0.396 e. The van der Waals surface area contributed by atoms with Crippen LogP contribution in [0.1, 0.15) is 47.3 Å². The first-order valence-corrected chi connectivity index (χ1v) is 8.52. The van der Waals surface area contributed by atoms with Crippen LogP contribution < -0.4 is 5.56 Å². The Labute approximate surface area is 146 Å². The van der Waals surface area contributed by atoms with E-state index in [4.69, 9.17) is 0 Å². The number of aryl methyl sites for hydroxylation is 1. The highest BCUT2D eigenvalue weighted by atomic mass is 16.3. The van der Waals surface area contributed by atoms with Crippen LogP contribution in [0.25, 0.3) is 0 Å². The molecular weight excluding hydrogens is 320 g/mol. The molecule has 25 heavy (non-hydrogen) atoms. The van der Waals surface area contributed by atoms with Crippen molar-refractivity contribution in [3.05, 3.63) is 51.7 Å². The molecule has 2 atom stereocenters. The monoisotopic (exact) mass is 344 g/mol. The summed E-state index contributed by atoms with van der Waals surface area (Å²) in [4.78, 5) is 29.2. The smallest absolute Gasteiger partial charge is 0.254 e. The number of pyridine rings is 1. The molecule has 2 aromatic heterocycles. The second-order valence-corrected chi connectivity index (χ2v) is 7.05. The van der Waals surface area contributed by atoms with Crippen molar-refractivity contribution in [2.24, 2.45) is 13.0 Å². The summed E-state index contributed by atoms with van der Waals surface area (Å²) >= 11 is 0. The Morgan fingerprint density at radius 1 is 1.40 bits per heavy atom. The second kappa shape index (κ2) is 6.84. The van der Waals surface area contributed by atoms with Gasteiger partial charge in [0.05, 0.1) is 6.20 Å². The molecule has 0 aromatic carbocycles. The highest BCUT2D eigenvalue weighted by Crippen LogP contribution is 2.33. The highest BCUT2D eigenvalue weighted by molar-refractivity contribution is 5.94. The van der Waals surface area contributed by atoms with Gasteiger partial charge in [-0.25, -0.2) is 0 Å². The molecule has 3 rings (SSSR count). The quantitative estimate of drug-likeness (QED) is 0.868. The van der Waals surface area contributed by atoms with Crippen molar-refractivity contribution in [1.82, 2.24) is 19.7 Å². The Morgan fingerprint density at radius 3 is 2.76 bits per heavy atom. The zero-order valence-electron chi connectivity index (χ0n) is 14.8. The van der Waals surface area contributed by atoms with Gasteiger partial charge in [0.15, 0.2) is 0 Å². The van der Waals surface area contributed by atoms with Crippen LogP contribution in [0.15, 0.2) is 29.3 Å². The Bertz CT molecular complexity index is 824. The van der Waals surface area contributed by atoms with Crippen molar-refractivity contribution in [2.45, 2.75) is 25.7 Å². The lowest BCUT2D eigenvalue weighted by Crippen LogP contribution is -2.30. The molecule has 0 aliphatic carbocycles. The molecule has 134 valence electrons. The number of rotatable bonds is 4. The first kappa shape index (κ1) is 17.4. The van der Waals surface area contributed by atoms with Crippen molar-refractivity contribution in [2.75, 3.05) is 19.7 Å². The molecule has 1 amide bonds. The van der Waals surface area contributed by atoms with Crippen LogP contribution in [-0.2, 0) is 7.05 Å². The van der Waals surface area contributed by atoms with E-state index in [1.165, 1.54) is 6.07 Å². The number of hydrogen-bond acceptors (Lipinski definition) is 4. The van der Waals surface area contributed by atoms with Gasteiger partial charge in [-0.05, 0) is 17.5 Å². The number of aliphatic hydroxyl groups is 1. The Kier molecular flexibility index (Phi) is 4.76. The average Bonchev–Trinajstić information content (AvgIpc) is 3.19. The predicted molar refractivity (Wildman–Crippen MR) is 93.6 cm³/mol. The van der Waals surface area contributed by atoms with Crippen molar-refractivity contribution < 1.29 is 9.90 Å². The molecule has 7 nitrogen and oxygen atoms in total. The third-order valence-electron chi connectivity index (χ3n) is 4.85. The summed E-state index contributed by atoms with van der Waals surface area (Å²) in [5, 5.41) is 13.9. The Hall–Kier alpha value is -2.41. The third-order valence-corrected chi connectivity index (χ3v) is 4.85. The van der Waals surface area contributed by atoms with Gasteiger partial charge in [-0.2, -0.15) is 5.10 Å². The maximum atomic E-state index is 12.9. The summed E-state index contributed by atoms with van der Waals surface area (Å²) < 4.78 is 1.72. The first-order valence-electron chi connectivity index (χ1n) is 8.52. The topological polar surface area (TPSA) is 91.2 Å². The zero-order valence-corrected chi connectivity index (χ0v) is 14.8. The van der Waals surface area contributed by atoms with E-state index in [0.717, 1.165) is 11.3 Å². The van der Waals surface area contributed by atoms with Crippen molar-refractivity contribution in [1.29, 1.82) is 0 Å². The Morgan fingerprint density at radius 2 is 2.16 bits per heavy atom. The molecular formula is C18H24N4O3. The number of aromatic amines is 1. The lowest BCUT2D eigenvalue weighted by atomic mass is 9.92. The van der Waals surface area contributed by atoms with E-state index in [-0.39, 0.29) is 35.8 Å². The van der Waals surface area contributed by atoms with Crippen molar-refractivity contribution in [3.63, 3.8) is 0 Å². The number of carbonyl (C=O) groups excluding carboxylic acids is 1. The number of likely N-dealkylation sites (tertiary alicyclic amines) is 1. The van der Waals surface area contributed by atoms with Crippen molar-refractivity contribution >= 4 is 5.91 Å². The van der Waals surface area contributed by atoms with Crippen LogP contribution in [0.3, 0.4) is 0 Å². The van der Waals surface area contributed by atoms with Crippen LogP contribution in [0, 0.1) is 5.92 Å². The SMILES string of the molecule is CC(C)c1cc(C(=O)N2C[C@@H](CO)[C@H](c3cnn(C)c3)C2)cc(=O)[nH]1. The normalized spacial score (nSPS) is 20.4. The summed E-state index contributed by atoms with van der Waals surface area (Å²) in [6.07, 6.45) is 3.71. The maximum Gasteiger partial charge on any atom is 0.254 e. The number of aromatic nitrogens is 3. The van der Waals surface area contributed by atoms with Crippen LogP contribution in [0.5, 0.6) is 0 Å². The molecule has 0 spiro atoms. The number of hydrogen-bond donors (Lipinski definition) is 2. The second-order valence-electron chi connectivity index (χ2n) is 7.05. The lowest BCUT2D eigenvalue weighted by molar-refractivity contribution is 0.0781. The number of amides is 1. The van der Waals surface area contributed by atoms with Gasteiger partial charge >= 0.3 is 0 Å². The number of H-pyrrole nitrogens is 1. The predicted octanol–water partition coefficient (Wildman–Crippen LogP) is 1.08. The molecule has 0 radical (unpaired) electrons. The summed E-state index contributed by atoms with van der Waals surface area (Å²) in [6, 6.07) is 3.10. The molecule has 1 aliphatic heterocycles. The standard InChI is InChI=1S/C18H24N4O3/c1-11(2)16-4-12(5-17(24)20-16)18(25)22-8-14(10-23)15(9-22)13-6-19-21(3)7-13/h4-7,11,14-15,23H,8-10H2,1-3H3,(H,20,24)/t14-,15-/m0/s1. The van der Waals surface area contributed by atoms with E-state index in [1.54, 1.807) is 21.8 Å². The molecule has 0 saturated carbocycles. The van der Waals surface area contributed by atoms with Gasteiger partial charge < -0.3 is 15.0 Å². The van der Waals surface area contributed by atoms with Crippen LogP contribution in [0.4, 0.5) is 0 Å². The fourth-order valence-corrected chi connectivity index (χ4v) is 3.41. The van der Waals surface area contributed by atoms with E-state index < -0.39 is 0 Å². The van der Waals surface area contributed by atoms with E-state index in [2.05, 4.69) is 10.1 Å². The third kappa shape index (κ3) is 3.51. The van der Waals surface area contributed by atoms with E-state index in [1.807, 2.05) is 27.1 Å². The van der Waals surface area contributed by atoms with Gasteiger partial charge in [0.2, 0.25) is 5.56 Å². The molecule has 7 heteroatoms. The lowest BCUT2D eigenvalue weighted by Gasteiger charge is -2.17. The maximum absolute atomic E-state index is 12.9.